The molecule has 1 aliphatic rings. The van der Waals surface area contributed by atoms with Crippen molar-refractivity contribution in [3.05, 3.63) is 18.2 Å². The van der Waals surface area contributed by atoms with Gasteiger partial charge in [-0.05, 0) is 25.9 Å². The summed E-state index contributed by atoms with van der Waals surface area (Å²) in [6.45, 7) is 3.98. The highest BCUT2D eigenvalue weighted by Gasteiger charge is 2.12. The van der Waals surface area contributed by atoms with Gasteiger partial charge in [-0.15, -0.1) is 0 Å². The van der Waals surface area contributed by atoms with Crippen LogP contribution in [0.2, 0.25) is 0 Å². The molecule has 5 heteroatoms. The normalized spacial score (nSPS) is 16.6. The van der Waals surface area contributed by atoms with Gasteiger partial charge >= 0.3 is 0 Å². The van der Waals surface area contributed by atoms with E-state index in [0.29, 0.717) is 12.2 Å². The smallest absolute Gasteiger partial charge is 0.271 e. The van der Waals surface area contributed by atoms with Gasteiger partial charge in [0.1, 0.15) is 5.69 Å². The van der Waals surface area contributed by atoms with Crippen LogP contribution in [-0.4, -0.2) is 46.5 Å². The van der Waals surface area contributed by atoms with E-state index in [4.69, 9.17) is 0 Å². The van der Waals surface area contributed by atoms with Crippen molar-refractivity contribution in [1.29, 1.82) is 0 Å². The van der Waals surface area contributed by atoms with Crippen LogP contribution in [0.3, 0.4) is 0 Å². The number of amides is 1. The molecule has 1 aromatic heterocycles. The summed E-state index contributed by atoms with van der Waals surface area (Å²) in [6.07, 6.45) is 5.93. The van der Waals surface area contributed by atoms with Crippen LogP contribution >= 0.6 is 0 Å². The van der Waals surface area contributed by atoms with Crippen molar-refractivity contribution in [2.24, 2.45) is 7.05 Å². The first-order valence-corrected chi connectivity index (χ1v) is 5.74. The largest absolute Gasteiger partial charge is 0.349 e. The number of likely N-dealkylation sites (tertiary alicyclic amines) is 1. The van der Waals surface area contributed by atoms with E-state index in [1.807, 2.05) is 7.05 Å². The molecule has 0 bridgehead atoms. The second-order valence-corrected chi connectivity index (χ2v) is 4.23. The van der Waals surface area contributed by atoms with Crippen LogP contribution in [0.25, 0.3) is 0 Å². The number of nitrogens with zero attached hydrogens (tertiary/aromatic N) is 3. The highest BCUT2D eigenvalue weighted by Crippen LogP contribution is 2.05. The predicted octanol–water partition coefficient (Wildman–Crippen LogP) is 0.246. The van der Waals surface area contributed by atoms with E-state index in [-0.39, 0.29) is 5.91 Å². The van der Waals surface area contributed by atoms with Gasteiger partial charge in [-0.2, -0.15) is 0 Å². The zero-order valence-electron chi connectivity index (χ0n) is 9.65. The number of nitrogens with one attached hydrogen (secondary N) is 1. The lowest BCUT2D eigenvalue weighted by atomic mass is 10.4. The SMILES string of the molecule is Cn1cnc(C(=O)NCCN2CCCC2)c1. The molecule has 1 aliphatic heterocycles. The Balaban J connectivity index is 1.71. The molecular formula is C11H18N4O. The minimum Gasteiger partial charge on any atom is -0.349 e. The molecule has 1 N–H and O–H groups in total. The number of hydrogen-bond acceptors (Lipinski definition) is 3. The Kier molecular flexibility index (Phi) is 3.56. The van der Waals surface area contributed by atoms with E-state index in [1.165, 1.54) is 25.9 Å². The Morgan fingerprint density at radius 3 is 2.88 bits per heavy atom. The summed E-state index contributed by atoms with van der Waals surface area (Å²) in [5.74, 6) is -0.0835. The molecular weight excluding hydrogens is 204 g/mol. The molecule has 1 fully saturated rings. The quantitative estimate of drug-likeness (QED) is 0.794. The molecule has 0 saturated carbocycles. The van der Waals surface area contributed by atoms with Crippen molar-refractivity contribution in [3.8, 4) is 0 Å². The Labute approximate surface area is 95.5 Å². The van der Waals surface area contributed by atoms with Gasteiger partial charge in [0.15, 0.2) is 0 Å². The van der Waals surface area contributed by atoms with E-state index in [2.05, 4.69) is 15.2 Å². The fraction of sp³-hybridized carbons (Fsp3) is 0.636. The second-order valence-electron chi connectivity index (χ2n) is 4.23. The van der Waals surface area contributed by atoms with Gasteiger partial charge in [0, 0.05) is 26.3 Å². The summed E-state index contributed by atoms with van der Waals surface area (Å²) in [5.41, 5.74) is 0.490. The van der Waals surface area contributed by atoms with Gasteiger partial charge in [-0.1, -0.05) is 0 Å². The molecule has 2 heterocycles. The van der Waals surface area contributed by atoms with E-state index in [9.17, 15) is 4.79 Å². The van der Waals surface area contributed by atoms with Gasteiger partial charge in [-0.25, -0.2) is 4.98 Å². The third-order valence-corrected chi connectivity index (χ3v) is 2.85. The van der Waals surface area contributed by atoms with Crippen molar-refractivity contribution in [2.45, 2.75) is 12.8 Å². The standard InChI is InChI=1S/C11H18N4O/c1-14-8-10(13-9-14)11(16)12-4-7-15-5-2-3-6-15/h8-9H,2-7H2,1H3,(H,12,16). The highest BCUT2D eigenvalue weighted by molar-refractivity contribution is 5.91. The zero-order chi connectivity index (χ0) is 11.4. The molecule has 2 rings (SSSR count). The van der Waals surface area contributed by atoms with Gasteiger partial charge in [0.05, 0.1) is 6.33 Å². The number of rotatable bonds is 4. The van der Waals surface area contributed by atoms with Crippen molar-refractivity contribution < 1.29 is 4.79 Å². The summed E-state index contributed by atoms with van der Waals surface area (Å²) < 4.78 is 1.77. The molecule has 0 radical (unpaired) electrons. The molecule has 88 valence electrons. The van der Waals surface area contributed by atoms with Crippen molar-refractivity contribution in [1.82, 2.24) is 19.8 Å². The predicted molar refractivity (Wildman–Crippen MR) is 61.2 cm³/mol. The summed E-state index contributed by atoms with van der Waals surface area (Å²) in [4.78, 5) is 18.0. The van der Waals surface area contributed by atoms with Crippen LogP contribution < -0.4 is 5.32 Å². The average molecular weight is 222 g/mol. The van der Waals surface area contributed by atoms with Crippen LogP contribution in [-0.2, 0) is 7.05 Å². The van der Waals surface area contributed by atoms with Gasteiger partial charge in [0.25, 0.3) is 5.91 Å². The number of carbonyl (C=O) groups excluding carboxylic acids is 1. The first-order chi connectivity index (χ1) is 7.75. The second kappa shape index (κ2) is 5.12. The first-order valence-electron chi connectivity index (χ1n) is 5.74. The minimum absolute atomic E-state index is 0.0835. The summed E-state index contributed by atoms with van der Waals surface area (Å²) >= 11 is 0. The van der Waals surface area contributed by atoms with Crippen LogP contribution in [0.1, 0.15) is 23.3 Å². The fourth-order valence-electron chi connectivity index (χ4n) is 1.95. The topological polar surface area (TPSA) is 50.2 Å². The molecule has 0 aromatic carbocycles. The van der Waals surface area contributed by atoms with E-state index in [0.717, 1.165) is 6.54 Å². The number of carbonyl (C=O) groups is 1. The van der Waals surface area contributed by atoms with Crippen molar-refractivity contribution in [2.75, 3.05) is 26.2 Å². The summed E-state index contributed by atoms with van der Waals surface area (Å²) in [7, 11) is 1.86. The van der Waals surface area contributed by atoms with Crippen molar-refractivity contribution >= 4 is 5.91 Å². The third-order valence-electron chi connectivity index (χ3n) is 2.85. The molecule has 16 heavy (non-hydrogen) atoms. The molecule has 1 saturated heterocycles. The van der Waals surface area contributed by atoms with Gasteiger partial charge in [-0.3, -0.25) is 4.79 Å². The lowest BCUT2D eigenvalue weighted by Crippen LogP contribution is -2.33. The third kappa shape index (κ3) is 2.82. The summed E-state index contributed by atoms with van der Waals surface area (Å²) in [6, 6.07) is 0. The number of aromatic nitrogens is 2. The van der Waals surface area contributed by atoms with Crippen LogP contribution in [0, 0.1) is 0 Å². The van der Waals surface area contributed by atoms with Gasteiger partial charge in [0.2, 0.25) is 0 Å². The maximum Gasteiger partial charge on any atom is 0.271 e. The Morgan fingerprint density at radius 2 is 2.25 bits per heavy atom. The molecule has 1 amide bonds. The number of aryl methyl sites for hydroxylation is 1. The van der Waals surface area contributed by atoms with Crippen LogP contribution in [0.5, 0.6) is 0 Å². The monoisotopic (exact) mass is 222 g/mol. The Hall–Kier alpha value is -1.36. The maximum absolute atomic E-state index is 11.6. The Morgan fingerprint density at radius 1 is 1.50 bits per heavy atom. The first kappa shape index (κ1) is 11.1. The molecule has 0 aliphatic carbocycles. The van der Waals surface area contributed by atoms with E-state index in [1.54, 1.807) is 17.1 Å². The molecule has 0 spiro atoms. The maximum atomic E-state index is 11.6. The zero-order valence-corrected chi connectivity index (χ0v) is 9.65. The lowest BCUT2D eigenvalue weighted by molar-refractivity contribution is 0.0945. The molecule has 0 atom stereocenters. The number of hydrogen-bond donors (Lipinski definition) is 1. The fourth-order valence-corrected chi connectivity index (χ4v) is 1.95. The van der Waals surface area contributed by atoms with Gasteiger partial charge < -0.3 is 14.8 Å². The average Bonchev–Trinajstić information content (AvgIpc) is 2.89. The summed E-state index contributed by atoms with van der Waals surface area (Å²) in [5, 5.41) is 2.88. The Bertz CT molecular complexity index is 355. The highest BCUT2D eigenvalue weighted by atomic mass is 16.1. The molecule has 5 nitrogen and oxygen atoms in total. The minimum atomic E-state index is -0.0835. The van der Waals surface area contributed by atoms with E-state index < -0.39 is 0 Å². The van der Waals surface area contributed by atoms with Crippen LogP contribution in [0.15, 0.2) is 12.5 Å². The van der Waals surface area contributed by atoms with Crippen molar-refractivity contribution in [3.63, 3.8) is 0 Å². The van der Waals surface area contributed by atoms with E-state index >= 15 is 0 Å². The number of imidazole rings is 1. The molecule has 0 unspecified atom stereocenters. The van der Waals surface area contributed by atoms with Crippen LogP contribution in [0.4, 0.5) is 0 Å². The lowest BCUT2D eigenvalue weighted by Gasteiger charge is -2.14. The molecule has 1 aromatic rings.